The summed E-state index contributed by atoms with van der Waals surface area (Å²) >= 11 is 6.34. The van der Waals surface area contributed by atoms with Crippen molar-refractivity contribution < 1.29 is 33.5 Å². The minimum absolute atomic E-state index is 0.255. The molecule has 144 valence electrons. The van der Waals surface area contributed by atoms with Crippen molar-refractivity contribution in [1.29, 1.82) is 0 Å². The van der Waals surface area contributed by atoms with Crippen LogP contribution in [-0.4, -0.2) is 63.9 Å². The Morgan fingerprint density at radius 1 is 1.22 bits per heavy atom. The molecule has 0 unspecified atom stereocenters. The predicted molar refractivity (Wildman–Crippen MR) is 104 cm³/mol. The van der Waals surface area contributed by atoms with Crippen molar-refractivity contribution in [3.63, 3.8) is 0 Å². The van der Waals surface area contributed by atoms with E-state index in [9.17, 15) is 19.2 Å². The molecule has 1 N–H and O–H groups in total. The number of alkyl halides is 1. The van der Waals surface area contributed by atoms with Crippen LogP contribution in [-0.2, 0) is 28.8 Å². The van der Waals surface area contributed by atoms with E-state index in [0.717, 1.165) is 10.4 Å². The third-order valence-corrected chi connectivity index (χ3v) is 4.48. The molecule has 0 spiro atoms. The number of carbonyl (C=O) groups is 4. The summed E-state index contributed by atoms with van der Waals surface area (Å²) < 4.78 is 10.2. The van der Waals surface area contributed by atoms with E-state index in [4.69, 9.17) is 9.57 Å². The van der Waals surface area contributed by atoms with Crippen LogP contribution in [0, 0.1) is 0 Å². The lowest BCUT2D eigenvalue weighted by atomic mass is 10.0. The molecule has 1 aliphatic heterocycles. The first kappa shape index (κ1) is 21.0. The third kappa shape index (κ3) is 5.85. The Hall–Kier alpha value is -2.28. The number of nitrogens with zero attached hydrogens (tertiary/aromatic N) is 1. The number of esters is 1. The highest BCUT2D eigenvalue weighted by Crippen LogP contribution is 2.23. The number of carbonyl (C=O) groups excluding carboxylic acids is 4. The SMILES string of the molecule is O=C(COc1ccccc1)N[C@@H]1C(=O)N(OC(=O)COC(=O)C=S)[C@@H]1CI. The van der Waals surface area contributed by atoms with Crippen molar-refractivity contribution in [2.24, 2.45) is 0 Å². The molecule has 0 radical (unpaired) electrons. The highest BCUT2D eigenvalue weighted by Gasteiger charge is 2.50. The minimum Gasteiger partial charge on any atom is -0.484 e. The van der Waals surface area contributed by atoms with Crippen molar-refractivity contribution in [1.82, 2.24) is 10.4 Å². The number of benzene rings is 1. The molecule has 0 bridgehead atoms. The van der Waals surface area contributed by atoms with Gasteiger partial charge in [0.2, 0.25) is 0 Å². The Bertz CT molecular complexity index is 731. The number of halogens is 1. The van der Waals surface area contributed by atoms with Crippen LogP contribution in [0.25, 0.3) is 0 Å². The van der Waals surface area contributed by atoms with Gasteiger partial charge in [0.05, 0.1) is 5.37 Å². The van der Waals surface area contributed by atoms with Crippen LogP contribution in [0.2, 0.25) is 0 Å². The largest absolute Gasteiger partial charge is 0.484 e. The number of nitrogens with one attached hydrogen (secondary N) is 1. The summed E-state index contributed by atoms with van der Waals surface area (Å²) in [5.41, 5.74) is 0. The van der Waals surface area contributed by atoms with Gasteiger partial charge in [-0.1, -0.05) is 53.0 Å². The number of rotatable bonds is 9. The second-order valence-corrected chi connectivity index (χ2v) is 6.34. The van der Waals surface area contributed by atoms with Crippen LogP contribution in [0.5, 0.6) is 5.75 Å². The van der Waals surface area contributed by atoms with Crippen LogP contribution < -0.4 is 10.1 Å². The first-order chi connectivity index (χ1) is 13.0. The maximum absolute atomic E-state index is 12.1. The van der Waals surface area contributed by atoms with Crippen LogP contribution in [0.4, 0.5) is 0 Å². The fourth-order valence-electron chi connectivity index (χ4n) is 2.12. The number of amides is 2. The van der Waals surface area contributed by atoms with E-state index in [1.54, 1.807) is 24.3 Å². The van der Waals surface area contributed by atoms with Crippen molar-refractivity contribution in [3.8, 4) is 5.75 Å². The van der Waals surface area contributed by atoms with Crippen LogP contribution in [0.15, 0.2) is 30.3 Å². The van der Waals surface area contributed by atoms with Gasteiger partial charge in [-0.05, 0) is 12.1 Å². The lowest BCUT2D eigenvalue weighted by Gasteiger charge is -2.43. The second kappa shape index (κ2) is 10.2. The minimum atomic E-state index is -0.930. The standard InChI is InChI=1S/C16H15IN2O7S/c17-6-11-15(18-12(20)7-24-10-4-2-1-3-5-10)16(23)19(11)26-13(21)8-25-14(22)9-27/h1-5,9,11,15H,6-8H2,(H,18,20)/t11-,15+/m1/s1. The second-order valence-electron chi connectivity index (χ2n) is 5.22. The summed E-state index contributed by atoms with van der Waals surface area (Å²) in [7, 11) is 0. The van der Waals surface area contributed by atoms with E-state index in [1.807, 2.05) is 28.7 Å². The fourth-order valence-corrected chi connectivity index (χ4v) is 3.06. The number of hydroxylamine groups is 2. The molecular formula is C16H15IN2O7S. The molecule has 9 nitrogen and oxygen atoms in total. The van der Waals surface area contributed by atoms with Crippen LogP contribution in [0.3, 0.4) is 0 Å². The Kier molecular flexibility index (Phi) is 7.91. The summed E-state index contributed by atoms with van der Waals surface area (Å²) in [4.78, 5) is 51.5. The molecule has 0 saturated carbocycles. The number of hydrogen-bond acceptors (Lipinski definition) is 8. The third-order valence-electron chi connectivity index (χ3n) is 3.39. The lowest BCUT2D eigenvalue weighted by molar-refractivity contribution is -0.231. The highest BCUT2D eigenvalue weighted by atomic mass is 127. The van der Waals surface area contributed by atoms with Gasteiger partial charge in [-0.15, -0.1) is 0 Å². The monoisotopic (exact) mass is 506 g/mol. The molecule has 1 saturated heterocycles. The first-order valence-electron chi connectivity index (χ1n) is 7.65. The highest BCUT2D eigenvalue weighted by molar-refractivity contribution is 14.1. The van der Waals surface area contributed by atoms with Gasteiger partial charge in [0.25, 0.3) is 11.8 Å². The molecule has 2 atom stereocenters. The van der Waals surface area contributed by atoms with E-state index in [2.05, 4.69) is 22.3 Å². The number of thiocarbonyl (C=S) groups is 1. The quantitative estimate of drug-likeness (QED) is 0.166. The molecule has 2 rings (SSSR count). The number of ether oxygens (including phenoxy) is 2. The summed E-state index contributed by atoms with van der Waals surface area (Å²) in [6.45, 7) is -0.930. The van der Waals surface area contributed by atoms with Gasteiger partial charge >= 0.3 is 11.9 Å². The number of hydrogen-bond donors (Lipinski definition) is 1. The zero-order valence-electron chi connectivity index (χ0n) is 13.8. The maximum Gasteiger partial charge on any atom is 0.369 e. The van der Waals surface area contributed by atoms with Gasteiger partial charge in [-0.3, -0.25) is 9.59 Å². The smallest absolute Gasteiger partial charge is 0.369 e. The van der Waals surface area contributed by atoms with Crippen molar-refractivity contribution >= 4 is 63.9 Å². The molecule has 0 aliphatic carbocycles. The summed E-state index contributed by atoms with van der Waals surface area (Å²) in [5, 5.41) is 4.13. The molecule has 1 fully saturated rings. The van der Waals surface area contributed by atoms with Crippen molar-refractivity contribution in [3.05, 3.63) is 30.3 Å². The average Bonchev–Trinajstić information content (AvgIpc) is 2.69. The first-order valence-corrected chi connectivity index (χ1v) is 9.65. The maximum atomic E-state index is 12.1. The van der Waals surface area contributed by atoms with Gasteiger partial charge in [0, 0.05) is 4.43 Å². The van der Waals surface area contributed by atoms with Gasteiger partial charge in [0.15, 0.2) is 13.2 Å². The van der Waals surface area contributed by atoms with Gasteiger partial charge < -0.3 is 19.6 Å². The Balaban J connectivity index is 1.80. The summed E-state index contributed by atoms with van der Waals surface area (Å²) in [6, 6.07) is 7.39. The van der Waals surface area contributed by atoms with Gasteiger partial charge in [-0.25, -0.2) is 9.59 Å². The van der Waals surface area contributed by atoms with E-state index < -0.39 is 42.4 Å². The number of para-hydroxylation sites is 1. The predicted octanol–water partition coefficient (Wildman–Crippen LogP) is 0.197. The van der Waals surface area contributed by atoms with Gasteiger partial charge in [0.1, 0.15) is 17.8 Å². The average molecular weight is 506 g/mol. The zero-order valence-corrected chi connectivity index (χ0v) is 16.8. The molecule has 2 amide bonds. The Labute approximate surface area is 173 Å². The molecule has 1 aliphatic rings. The lowest BCUT2D eigenvalue weighted by Crippen LogP contribution is -2.71. The van der Waals surface area contributed by atoms with Crippen molar-refractivity contribution in [2.45, 2.75) is 12.1 Å². The Morgan fingerprint density at radius 2 is 1.93 bits per heavy atom. The zero-order chi connectivity index (χ0) is 19.8. The summed E-state index contributed by atoms with van der Waals surface area (Å²) in [5.74, 6) is -2.32. The topological polar surface area (TPSA) is 111 Å². The molecule has 11 heteroatoms. The molecule has 0 aromatic heterocycles. The molecule has 1 aromatic rings. The fraction of sp³-hybridized carbons (Fsp3) is 0.312. The van der Waals surface area contributed by atoms with Crippen molar-refractivity contribution in [2.75, 3.05) is 17.6 Å². The molecule has 27 heavy (non-hydrogen) atoms. The van der Waals surface area contributed by atoms with E-state index in [1.165, 1.54) is 0 Å². The van der Waals surface area contributed by atoms with Crippen LogP contribution in [0.1, 0.15) is 0 Å². The van der Waals surface area contributed by atoms with E-state index >= 15 is 0 Å². The van der Waals surface area contributed by atoms with E-state index in [0.29, 0.717) is 10.2 Å². The molecule has 1 heterocycles. The van der Waals surface area contributed by atoms with Gasteiger partial charge in [-0.2, -0.15) is 5.06 Å². The molecule has 1 aromatic carbocycles. The Morgan fingerprint density at radius 3 is 2.56 bits per heavy atom. The van der Waals surface area contributed by atoms with Crippen LogP contribution >= 0.6 is 34.8 Å². The summed E-state index contributed by atoms with van der Waals surface area (Å²) in [6.07, 6.45) is 0. The van der Waals surface area contributed by atoms with E-state index in [-0.39, 0.29) is 6.61 Å². The number of β-lactam (4-membered cyclic amide) rings is 1. The normalized spacial score (nSPS) is 18.1. The molecular weight excluding hydrogens is 491 g/mol.